The first-order valence-corrected chi connectivity index (χ1v) is 10.1. The van der Waals surface area contributed by atoms with E-state index in [2.05, 4.69) is 22.6 Å². The summed E-state index contributed by atoms with van der Waals surface area (Å²) in [6.45, 7) is 1.93. The average molecular weight is 314 g/mol. The monoisotopic (exact) mass is 313 g/mol. The maximum absolute atomic E-state index is 12.7. The summed E-state index contributed by atoms with van der Waals surface area (Å²) >= 11 is 5.54. The molecule has 1 aromatic rings. The molecule has 0 saturated carbocycles. The van der Waals surface area contributed by atoms with Crippen molar-refractivity contribution in [2.75, 3.05) is 30.9 Å². The number of hydrogen-bond donors (Lipinski definition) is 0. The molecule has 5 heteroatoms. The van der Waals surface area contributed by atoms with Gasteiger partial charge in [-0.1, -0.05) is 0 Å². The topological polar surface area (TPSA) is 20.3 Å². The van der Waals surface area contributed by atoms with Gasteiger partial charge in [-0.25, -0.2) is 0 Å². The molecule has 1 amide bonds. The van der Waals surface area contributed by atoms with Crippen molar-refractivity contribution < 1.29 is 4.79 Å². The second kappa shape index (κ2) is 6.10. The third-order valence-corrected chi connectivity index (χ3v) is 6.93. The lowest BCUT2D eigenvalue weighted by Crippen LogP contribution is -2.33. The Hall–Kier alpha value is -0.130. The smallest absolute Gasteiger partial charge is 0.240 e. The lowest BCUT2D eigenvalue weighted by molar-refractivity contribution is -0.129. The minimum Gasteiger partial charge on any atom is -0.341 e. The molecule has 0 radical (unpaired) electrons. The van der Waals surface area contributed by atoms with Crippen LogP contribution in [-0.4, -0.2) is 41.7 Å². The molecule has 3 heterocycles. The minimum atomic E-state index is 0.0722. The molecule has 1 saturated heterocycles. The SMILES string of the molecule is CSC[C@H]1CCN(C(=O)[C@@H]2SCCc3sccc32)C1. The molecule has 0 aliphatic carbocycles. The van der Waals surface area contributed by atoms with Gasteiger partial charge in [0.05, 0.1) is 0 Å². The average Bonchev–Trinajstić information content (AvgIpc) is 3.06. The van der Waals surface area contributed by atoms with Gasteiger partial charge in [-0.3, -0.25) is 4.79 Å². The molecule has 1 aromatic heterocycles. The highest BCUT2D eigenvalue weighted by molar-refractivity contribution is 8.00. The van der Waals surface area contributed by atoms with Gasteiger partial charge in [-0.2, -0.15) is 11.8 Å². The molecular weight excluding hydrogens is 294 g/mol. The van der Waals surface area contributed by atoms with Crippen molar-refractivity contribution in [2.24, 2.45) is 5.92 Å². The molecule has 0 aromatic carbocycles. The highest BCUT2D eigenvalue weighted by atomic mass is 32.2. The number of rotatable bonds is 3. The lowest BCUT2D eigenvalue weighted by atomic mass is 10.1. The molecule has 0 N–H and O–H groups in total. The van der Waals surface area contributed by atoms with E-state index in [4.69, 9.17) is 0 Å². The Balaban J connectivity index is 1.69. The number of amides is 1. The molecule has 2 atom stereocenters. The van der Waals surface area contributed by atoms with E-state index in [1.54, 1.807) is 0 Å². The first-order chi connectivity index (χ1) is 9.29. The number of aryl methyl sites for hydroxylation is 1. The van der Waals surface area contributed by atoms with Gasteiger partial charge in [0.15, 0.2) is 0 Å². The number of likely N-dealkylation sites (tertiary alicyclic amines) is 1. The normalized spacial score (nSPS) is 26.5. The van der Waals surface area contributed by atoms with E-state index in [0.29, 0.717) is 11.8 Å². The molecule has 3 rings (SSSR count). The van der Waals surface area contributed by atoms with Crippen LogP contribution in [0.2, 0.25) is 0 Å². The zero-order valence-electron chi connectivity index (χ0n) is 11.1. The number of fused-ring (bicyclic) bond motifs is 1. The van der Waals surface area contributed by atoms with Crippen molar-refractivity contribution in [3.63, 3.8) is 0 Å². The Morgan fingerprint density at radius 2 is 2.47 bits per heavy atom. The van der Waals surface area contributed by atoms with Crippen molar-refractivity contribution in [1.29, 1.82) is 0 Å². The summed E-state index contributed by atoms with van der Waals surface area (Å²) in [5, 5.41) is 2.21. The third kappa shape index (κ3) is 2.83. The van der Waals surface area contributed by atoms with Crippen LogP contribution < -0.4 is 0 Å². The fourth-order valence-corrected chi connectivity index (χ4v) is 6.04. The number of thioether (sulfide) groups is 2. The Labute approximate surface area is 127 Å². The number of thiophene rings is 1. The Morgan fingerprint density at radius 3 is 3.32 bits per heavy atom. The first kappa shape index (κ1) is 13.8. The van der Waals surface area contributed by atoms with E-state index >= 15 is 0 Å². The summed E-state index contributed by atoms with van der Waals surface area (Å²) in [4.78, 5) is 16.2. The summed E-state index contributed by atoms with van der Waals surface area (Å²) in [5.41, 5.74) is 1.29. The molecular formula is C14H19NOS3. The molecule has 2 nitrogen and oxygen atoms in total. The Bertz CT molecular complexity index is 459. The highest BCUT2D eigenvalue weighted by Gasteiger charge is 2.34. The predicted molar refractivity (Wildman–Crippen MR) is 86.3 cm³/mol. The number of carbonyl (C=O) groups excluding carboxylic acids is 1. The van der Waals surface area contributed by atoms with Crippen LogP contribution in [0.1, 0.15) is 22.1 Å². The van der Waals surface area contributed by atoms with E-state index in [1.165, 1.54) is 22.6 Å². The van der Waals surface area contributed by atoms with Crippen molar-refractivity contribution in [3.05, 3.63) is 21.9 Å². The summed E-state index contributed by atoms with van der Waals surface area (Å²) < 4.78 is 0. The zero-order valence-corrected chi connectivity index (χ0v) is 13.6. The van der Waals surface area contributed by atoms with Crippen LogP contribution in [-0.2, 0) is 11.2 Å². The lowest BCUT2D eigenvalue weighted by Gasteiger charge is -2.26. The standard InChI is InChI=1S/C14H19NOS3/c1-17-9-10-2-5-15(8-10)14(16)13-11-3-6-18-12(11)4-7-19-13/h3,6,10,13H,2,4-5,7-9H2,1H3/t10-,13+/m0/s1. The minimum absolute atomic E-state index is 0.0722. The van der Waals surface area contributed by atoms with Gasteiger partial charge in [0.2, 0.25) is 5.91 Å². The van der Waals surface area contributed by atoms with E-state index in [9.17, 15) is 4.79 Å². The zero-order chi connectivity index (χ0) is 13.2. The highest BCUT2D eigenvalue weighted by Crippen LogP contribution is 2.41. The van der Waals surface area contributed by atoms with Crippen molar-refractivity contribution in [3.8, 4) is 0 Å². The van der Waals surface area contributed by atoms with Crippen LogP contribution in [0.5, 0.6) is 0 Å². The van der Waals surface area contributed by atoms with Gasteiger partial charge in [0, 0.05) is 18.0 Å². The summed E-state index contributed by atoms with van der Waals surface area (Å²) in [6.07, 6.45) is 4.47. The van der Waals surface area contributed by atoms with E-state index in [-0.39, 0.29) is 5.25 Å². The first-order valence-electron chi connectivity index (χ1n) is 6.75. The largest absolute Gasteiger partial charge is 0.341 e. The predicted octanol–water partition coefficient (Wildman–Crippen LogP) is 3.29. The molecule has 0 unspecified atom stereocenters. The van der Waals surface area contributed by atoms with Crippen LogP contribution in [0.3, 0.4) is 0 Å². The van der Waals surface area contributed by atoms with Gasteiger partial charge in [0.25, 0.3) is 0 Å². The quantitative estimate of drug-likeness (QED) is 0.854. The number of carbonyl (C=O) groups is 1. The Morgan fingerprint density at radius 1 is 1.58 bits per heavy atom. The summed E-state index contributed by atoms with van der Waals surface area (Å²) in [7, 11) is 0. The second-order valence-corrected chi connectivity index (χ2v) is 8.32. The molecule has 0 spiro atoms. The van der Waals surface area contributed by atoms with Crippen molar-refractivity contribution in [2.45, 2.75) is 18.1 Å². The van der Waals surface area contributed by atoms with Gasteiger partial charge in [0.1, 0.15) is 5.25 Å². The number of hydrogen-bond acceptors (Lipinski definition) is 4. The Kier molecular flexibility index (Phi) is 4.44. The van der Waals surface area contributed by atoms with Crippen LogP contribution >= 0.6 is 34.9 Å². The van der Waals surface area contributed by atoms with Crippen molar-refractivity contribution in [1.82, 2.24) is 4.90 Å². The van der Waals surface area contributed by atoms with Crippen LogP contribution in [0.4, 0.5) is 0 Å². The number of nitrogens with zero attached hydrogens (tertiary/aromatic N) is 1. The molecule has 1 fully saturated rings. The molecule has 104 valence electrons. The van der Waals surface area contributed by atoms with E-state index in [1.807, 2.05) is 34.9 Å². The van der Waals surface area contributed by atoms with E-state index < -0.39 is 0 Å². The molecule has 2 aliphatic heterocycles. The van der Waals surface area contributed by atoms with Gasteiger partial charge >= 0.3 is 0 Å². The summed E-state index contributed by atoms with van der Waals surface area (Å²) in [5.74, 6) is 3.33. The van der Waals surface area contributed by atoms with Gasteiger partial charge in [-0.15, -0.1) is 23.1 Å². The maximum atomic E-state index is 12.7. The fraction of sp³-hybridized carbons (Fsp3) is 0.643. The van der Waals surface area contributed by atoms with Gasteiger partial charge in [-0.05, 0) is 53.5 Å². The third-order valence-electron chi connectivity index (χ3n) is 3.90. The molecule has 2 aliphatic rings. The van der Waals surface area contributed by atoms with Gasteiger partial charge < -0.3 is 4.90 Å². The molecule has 19 heavy (non-hydrogen) atoms. The maximum Gasteiger partial charge on any atom is 0.240 e. The fourth-order valence-electron chi connectivity index (χ4n) is 2.92. The van der Waals surface area contributed by atoms with E-state index in [0.717, 1.165) is 25.3 Å². The van der Waals surface area contributed by atoms with Crippen LogP contribution in [0, 0.1) is 5.92 Å². The van der Waals surface area contributed by atoms with Crippen LogP contribution in [0.25, 0.3) is 0 Å². The van der Waals surface area contributed by atoms with Crippen molar-refractivity contribution >= 4 is 40.8 Å². The van der Waals surface area contributed by atoms with Crippen LogP contribution in [0.15, 0.2) is 11.4 Å². The summed E-state index contributed by atoms with van der Waals surface area (Å²) in [6, 6.07) is 2.16. The molecule has 0 bridgehead atoms. The second-order valence-electron chi connectivity index (χ2n) is 5.19.